The maximum atomic E-state index is 13.2. The van der Waals surface area contributed by atoms with Gasteiger partial charge < -0.3 is 9.67 Å². The molecule has 1 saturated carbocycles. The molecule has 1 aliphatic carbocycles. The summed E-state index contributed by atoms with van der Waals surface area (Å²) in [5, 5.41) is 10.6. The zero-order chi connectivity index (χ0) is 20.0. The predicted octanol–water partition coefficient (Wildman–Crippen LogP) is 3.62. The molecule has 1 aromatic carbocycles. The van der Waals surface area contributed by atoms with Crippen LogP contribution in [0.2, 0.25) is 0 Å². The van der Waals surface area contributed by atoms with Crippen molar-refractivity contribution in [1.82, 2.24) is 18.5 Å². The first-order valence-corrected chi connectivity index (χ1v) is 11.3. The van der Waals surface area contributed by atoms with Crippen LogP contribution in [0, 0.1) is 0 Å². The molecule has 0 atom stereocenters. The quantitative estimate of drug-likeness (QED) is 0.555. The number of nitrogens with zero attached hydrogens (tertiary/aromatic N) is 4. The first-order chi connectivity index (χ1) is 14.1. The summed E-state index contributed by atoms with van der Waals surface area (Å²) in [5.41, 5.74) is 1.91. The Bertz CT molecular complexity index is 1290. The minimum Gasteiger partial charge on any atom is -0.388 e. The summed E-state index contributed by atoms with van der Waals surface area (Å²) in [6.45, 7) is -0.157. The molecule has 4 aromatic rings. The van der Waals surface area contributed by atoms with Crippen molar-refractivity contribution in [1.29, 1.82) is 0 Å². The molecular weight excluding hydrogens is 388 g/mol. The fourth-order valence-electron chi connectivity index (χ4n) is 4.44. The third kappa shape index (κ3) is 2.86. The van der Waals surface area contributed by atoms with Crippen molar-refractivity contribution in [2.75, 3.05) is 0 Å². The molecule has 0 saturated heterocycles. The molecular formula is C21H22N4O3S. The summed E-state index contributed by atoms with van der Waals surface area (Å²) in [6, 6.07) is 10.4. The van der Waals surface area contributed by atoms with Crippen LogP contribution >= 0.6 is 0 Å². The van der Waals surface area contributed by atoms with E-state index in [0.717, 1.165) is 36.6 Å². The molecule has 0 aliphatic heterocycles. The average Bonchev–Trinajstić information content (AvgIpc) is 3.36. The molecule has 0 spiro atoms. The summed E-state index contributed by atoms with van der Waals surface area (Å²) < 4.78 is 29.6. The average molecular weight is 410 g/mol. The molecule has 0 radical (unpaired) electrons. The highest BCUT2D eigenvalue weighted by molar-refractivity contribution is 7.90. The summed E-state index contributed by atoms with van der Waals surface area (Å²) in [4.78, 5) is 9.22. The molecule has 1 aliphatic rings. The van der Waals surface area contributed by atoms with E-state index < -0.39 is 10.0 Å². The van der Waals surface area contributed by atoms with E-state index in [2.05, 4.69) is 14.5 Å². The Morgan fingerprint density at radius 1 is 1.07 bits per heavy atom. The van der Waals surface area contributed by atoms with Gasteiger partial charge >= 0.3 is 0 Å². The fraction of sp³-hybridized carbons (Fsp3) is 0.333. The van der Waals surface area contributed by atoms with Gasteiger partial charge in [0.15, 0.2) is 5.65 Å². The van der Waals surface area contributed by atoms with Crippen LogP contribution in [0.3, 0.4) is 0 Å². The summed E-state index contributed by atoms with van der Waals surface area (Å²) in [7, 11) is -3.75. The van der Waals surface area contributed by atoms with Gasteiger partial charge in [-0.25, -0.2) is 22.4 Å². The van der Waals surface area contributed by atoms with Gasteiger partial charge in [-0.15, -0.1) is 0 Å². The van der Waals surface area contributed by atoms with Gasteiger partial charge in [-0.3, -0.25) is 0 Å². The molecule has 0 unspecified atom stereocenters. The van der Waals surface area contributed by atoms with Crippen molar-refractivity contribution in [2.45, 2.75) is 49.6 Å². The van der Waals surface area contributed by atoms with E-state index >= 15 is 0 Å². The van der Waals surface area contributed by atoms with Crippen LogP contribution in [-0.4, -0.2) is 32.0 Å². The van der Waals surface area contributed by atoms with Crippen LogP contribution in [0.4, 0.5) is 0 Å². The van der Waals surface area contributed by atoms with E-state index in [9.17, 15) is 13.5 Å². The molecule has 150 valence electrons. The topological polar surface area (TPSA) is 90.0 Å². The number of fused-ring (bicyclic) bond motifs is 3. The number of aromatic nitrogens is 4. The molecule has 8 heteroatoms. The second-order valence-electron chi connectivity index (χ2n) is 7.51. The first kappa shape index (κ1) is 18.3. The first-order valence-electron chi connectivity index (χ1n) is 9.89. The normalized spacial score (nSPS) is 16.0. The van der Waals surface area contributed by atoms with E-state index in [1.165, 1.54) is 10.4 Å². The smallest absolute Gasteiger partial charge is 0.269 e. The van der Waals surface area contributed by atoms with Crippen molar-refractivity contribution in [2.24, 2.45) is 0 Å². The van der Waals surface area contributed by atoms with E-state index in [-0.39, 0.29) is 17.5 Å². The number of pyridine rings is 1. The van der Waals surface area contributed by atoms with Gasteiger partial charge in [0.1, 0.15) is 17.9 Å². The summed E-state index contributed by atoms with van der Waals surface area (Å²) in [5.74, 6) is 0.611. The third-order valence-electron chi connectivity index (χ3n) is 5.78. The largest absolute Gasteiger partial charge is 0.388 e. The number of rotatable bonds is 4. The molecule has 5 rings (SSSR count). The standard InChI is InChI=1S/C21H22N4O3S/c26-14-19-23-18-13-22-21-17(20(18)25(19)15-7-3-1-4-8-15)11-12-24(21)29(27,28)16-9-5-2-6-10-16/h2,5-6,9-13,15,26H,1,3-4,7-8,14H2. The molecule has 3 heterocycles. The molecule has 1 N–H and O–H groups in total. The van der Waals surface area contributed by atoms with Crippen LogP contribution in [0.1, 0.15) is 44.0 Å². The Balaban J connectivity index is 1.75. The zero-order valence-electron chi connectivity index (χ0n) is 15.9. The predicted molar refractivity (Wildman–Crippen MR) is 110 cm³/mol. The lowest BCUT2D eigenvalue weighted by Crippen LogP contribution is -2.16. The summed E-state index contributed by atoms with van der Waals surface area (Å²) >= 11 is 0. The Kier molecular flexibility index (Phi) is 4.40. The van der Waals surface area contributed by atoms with Gasteiger partial charge in [-0.2, -0.15) is 0 Å². The van der Waals surface area contributed by atoms with Crippen LogP contribution in [-0.2, 0) is 16.6 Å². The van der Waals surface area contributed by atoms with E-state index in [4.69, 9.17) is 0 Å². The molecule has 3 aromatic heterocycles. The number of aliphatic hydroxyl groups is 1. The number of benzene rings is 1. The van der Waals surface area contributed by atoms with Gasteiger partial charge in [-0.1, -0.05) is 37.5 Å². The van der Waals surface area contributed by atoms with Crippen LogP contribution in [0.25, 0.3) is 22.1 Å². The van der Waals surface area contributed by atoms with Crippen LogP contribution in [0.5, 0.6) is 0 Å². The fourth-order valence-corrected chi connectivity index (χ4v) is 5.76. The maximum Gasteiger partial charge on any atom is 0.269 e. The summed E-state index contributed by atoms with van der Waals surface area (Å²) in [6.07, 6.45) is 8.74. The minimum absolute atomic E-state index is 0.157. The Morgan fingerprint density at radius 3 is 2.55 bits per heavy atom. The monoisotopic (exact) mass is 410 g/mol. The zero-order valence-corrected chi connectivity index (χ0v) is 16.7. The van der Waals surface area contributed by atoms with E-state index in [0.29, 0.717) is 17.0 Å². The number of hydrogen-bond donors (Lipinski definition) is 1. The number of aliphatic hydroxyl groups excluding tert-OH is 1. The van der Waals surface area contributed by atoms with Crippen molar-refractivity contribution in [3.8, 4) is 0 Å². The van der Waals surface area contributed by atoms with Crippen LogP contribution in [0.15, 0.2) is 53.7 Å². The second-order valence-corrected chi connectivity index (χ2v) is 9.32. The molecule has 1 fully saturated rings. The van der Waals surface area contributed by atoms with Crippen molar-refractivity contribution < 1.29 is 13.5 Å². The molecule has 7 nitrogen and oxygen atoms in total. The SMILES string of the molecule is O=S(=O)(c1ccccc1)n1ccc2c1ncc1nc(CO)n(C3CCCCC3)c12. The molecule has 0 amide bonds. The third-order valence-corrected chi connectivity index (χ3v) is 7.46. The number of imidazole rings is 1. The Hall–Kier alpha value is -2.71. The highest BCUT2D eigenvalue weighted by Gasteiger charge is 2.25. The van der Waals surface area contributed by atoms with Gasteiger partial charge in [0, 0.05) is 17.6 Å². The number of hydrogen-bond acceptors (Lipinski definition) is 5. The van der Waals surface area contributed by atoms with Gasteiger partial charge in [-0.05, 0) is 31.0 Å². The van der Waals surface area contributed by atoms with E-state index in [1.54, 1.807) is 48.8 Å². The highest BCUT2D eigenvalue weighted by atomic mass is 32.2. The molecule has 29 heavy (non-hydrogen) atoms. The van der Waals surface area contributed by atoms with Crippen molar-refractivity contribution in [3.63, 3.8) is 0 Å². The van der Waals surface area contributed by atoms with Gasteiger partial charge in [0.05, 0.1) is 16.6 Å². The lowest BCUT2D eigenvalue weighted by atomic mass is 9.95. The minimum atomic E-state index is -3.75. The van der Waals surface area contributed by atoms with Gasteiger partial charge in [0.2, 0.25) is 0 Å². The highest BCUT2D eigenvalue weighted by Crippen LogP contribution is 2.35. The Labute approximate surface area is 168 Å². The second kappa shape index (κ2) is 6.96. The lowest BCUT2D eigenvalue weighted by Gasteiger charge is -2.25. The molecule has 0 bridgehead atoms. The van der Waals surface area contributed by atoms with E-state index in [1.807, 2.05) is 0 Å². The van der Waals surface area contributed by atoms with Crippen molar-refractivity contribution >= 4 is 32.1 Å². The van der Waals surface area contributed by atoms with Crippen LogP contribution < -0.4 is 0 Å². The Morgan fingerprint density at radius 2 is 1.83 bits per heavy atom. The van der Waals surface area contributed by atoms with Crippen molar-refractivity contribution in [3.05, 3.63) is 54.6 Å². The van der Waals surface area contributed by atoms with Gasteiger partial charge in [0.25, 0.3) is 10.0 Å². The maximum absolute atomic E-state index is 13.2. The lowest BCUT2D eigenvalue weighted by molar-refractivity contribution is 0.253.